The summed E-state index contributed by atoms with van der Waals surface area (Å²) in [5, 5.41) is 11.3. The first-order valence-electron chi connectivity index (χ1n) is 5.18. The Morgan fingerprint density at radius 3 is 2.94 bits per heavy atom. The van der Waals surface area contributed by atoms with Crippen LogP contribution in [0.3, 0.4) is 0 Å². The molecule has 1 atom stereocenters. The average molecular weight is 249 g/mol. The molecule has 0 aliphatic carbocycles. The predicted octanol–water partition coefficient (Wildman–Crippen LogP) is 1.94. The van der Waals surface area contributed by atoms with E-state index >= 15 is 0 Å². The Balaban J connectivity index is 2.99. The Morgan fingerprint density at radius 2 is 2.33 bits per heavy atom. The van der Waals surface area contributed by atoms with Gasteiger partial charge in [-0.3, -0.25) is 4.79 Å². The van der Waals surface area contributed by atoms with Gasteiger partial charge in [-0.2, -0.15) is 0 Å². The van der Waals surface area contributed by atoms with Crippen LogP contribution in [0, 0.1) is 17.7 Å². The molecule has 0 aliphatic rings. The standard InChI is InChI=1S/C13H12FNO3/c1-9(18-10(2)16)3-4-11-7-13(14)6-5-12(11)8-15-17/h5-9,17H,1-2H3/b15-8+. The molecule has 94 valence electrons. The van der Waals surface area contributed by atoms with Gasteiger partial charge in [0.25, 0.3) is 0 Å². The number of oxime groups is 1. The number of nitrogens with zero attached hydrogens (tertiary/aromatic N) is 1. The molecule has 0 fully saturated rings. The number of halogens is 1. The third-order valence-electron chi connectivity index (χ3n) is 1.97. The third kappa shape index (κ3) is 4.26. The molecular formula is C13H12FNO3. The number of hydrogen-bond acceptors (Lipinski definition) is 4. The number of benzene rings is 1. The first-order chi connectivity index (χ1) is 8.52. The van der Waals surface area contributed by atoms with Gasteiger partial charge < -0.3 is 9.94 Å². The second kappa shape index (κ2) is 6.40. The van der Waals surface area contributed by atoms with Crippen molar-refractivity contribution in [3.63, 3.8) is 0 Å². The Bertz CT molecular complexity index is 529. The maximum Gasteiger partial charge on any atom is 0.303 e. The smallest absolute Gasteiger partial charge is 0.303 e. The third-order valence-corrected chi connectivity index (χ3v) is 1.97. The topological polar surface area (TPSA) is 58.9 Å². The highest BCUT2D eigenvalue weighted by atomic mass is 19.1. The Labute approximate surface area is 104 Å². The summed E-state index contributed by atoms with van der Waals surface area (Å²) in [6.07, 6.45) is 0.560. The van der Waals surface area contributed by atoms with Gasteiger partial charge in [-0.05, 0) is 25.1 Å². The van der Waals surface area contributed by atoms with Gasteiger partial charge in [0.05, 0.1) is 6.21 Å². The van der Waals surface area contributed by atoms with Gasteiger partial charge in [-0.15, -0.1) is 0 Å². The largest absolute Gasteiger partial charge is 0.450 e. The molecule has 1 N–H and O–H groups in total. The molecule has 4 nitrogen and oxygen atoms in total. The Kier molecular flexibility index (Phi) is 4.88. The number of ether oxygens (including phenoxy) is 1. The lowest BCUT2D eigenvalue weighted by atomic mass is 10.1. The maximum atomic E-state index is 13.1. The van der Waals surface area contributed by atoms with Crippen molar-refractivity contribution in [2.24, 2.45) is 5.16 Å². The van der Waals surface area contributed by atoms with Crippen molar-refractivity contribution >= 4 is 12.2 Å². The molecule has 0 aliphatic heterocycles. The van der Waals surface area contributed by atoms with Crippen LogP contribution in [0.5, 0.6) is 0 Å². The average Bonchev–Trinajstić information content (AvgIpc) is 2.29. The molecule has 0 amide bonds. The van der Waals surface area contributed by atoms with Gasteiger partial charge in [-0.25, -0.2) is 4.39 Å². The molecule has 0 saturated heterocycles. The number of hydrogen-bond donors (Lipinski definition) is 1. The monoisotopic (exact) mass is 249 g/mol. The van der Waals surface area contributed by atoms with E-state index in [1.165, 1.54) is 25.1 Å². The van der Waals surface area contributed by atoms with Crippen LogP contribution in [0.2, 0.25) is 0 Å². The first kappa shape index (κ1) is 13.7. The molecule has 0 spiro atoms. The van der Waals surface area contributed by atoms with Crippen LogP contribution in [-0.4, -0.2) is 23.5 Å². The highest BCUT2D eigenvalue weighted by molar-refractivity contribution is 5.83. The van der Waals surface area contributed by atoms with Crippen LogP contribution < -0.4 is 0 Å². The summed E-state index contributed by atoms with van der Waals surface area (Å²) in [4.78, 5) is 10.7. The van der Waals surface area contributed by atoms with Crippen LogP contribution in [0.1, 0.15) is 25.0 Å². The summed E-state index contributed by atoms with van der Waals surface area (Å²) in [6, 6.07) is 3.89. The summed E-state index contributed by atoms with van der Waals surface area (Å²) in [5.74, 6) is 4.44. The molecule has 0 aromatic heterocycles. The molecule has 1 unspecified atom stereocenters. The van der Waals surface area contributed by atoms with Gasteiger partial charge in [-0.1, -0.05) is 17.0 Å². The van der Waals surface area contributed by atoms with Crippen molar-refractivity contribution in [3.05, 3.63) is 35.1 Å². The van der Waals surface area contributed by atoms with Crippen molar-refractivity contribution in [2.45, 2.75) is 20.0 Å². The van der Waals surface area contributed by atoms with Crippen molar-refractivity contribution in [1.29, 1.82) is 0 Å². The molecule has 1 aromatic carbocycles. The highest BCUT2D eigenvalue weighted by Gasteiger charge is 2.02. The lowest BCUT2D eigenvalue weighted by Gasteiger charge is -2.03. The second-order valence-corrected chi connectivity index (χ2v) is 3.50. The minimum Gasteiger partial charge on any atom is -0.450 e. The van der Waals surface area contributed by atoms with Gasteiger partial charge in [0.2, 0.25) is 0 Å². The highest BCUT2D eigenvalue weighted by Crippen LogP contribution is 2.08. The zero-order valence-electron chi connectivity index (χ0n) is 9.98. The van der Waals surface area contributed by atoms with Gasteiger partial charge in [0.1, 0.15) is 5.82 Å². The summed E-state index contributed by atoms with van der Waals surface area (Å²) < 4.78 is 17.9. The number of carbonyl (C=O) groups is 1. The second-order valence-electron chi connectivity index (χ2n) is 3.50. The molecular weight excluding hydrogens is 237 g/mol. The fourth-order valence-corrected chi connectivity index (χ4v) is 1.27. The minimum atomic E-state index is -0.593. The molecule has 18 heavy (non-hydrogen) atoms. The summed E-state index contributed by atoms with van der Waals surface area (Å²) >= 11 is 0. The van der Waals surface area contributed by atoms with E-state index in [2.05, 4.69) is 17.0 Å². The van der Waals surface area contributed by atoms with Crippen LogP contribution in [0.25, 0.3) is 0 Å². The normalized spacial score (nSPS) is 11.7. The zero-order valence-corrected chi connectivity index (χ0v) is 9.98. The fourth-order valence-electron chi connectivity index (χ4n) is 1.27. The summed E-state index contributed by atoms with van der Waals surface area (Å²) in [6.45, 7) is 2.89. The molecule has 1 rings (SSSR count). The Morgan fingerprint density at radius 1 is 1.61 bits per heavy atom. The SMILES string of the molecule is CC(=O)OC(C)C#Cc1cc(F)ccc1/C=N/O. The summed E-state index contributed by atoms with van der Waals surface area (Å²) in [7, 11) is 0. The fraction of sp³-hybridized carbons (Fsp3) is 0.231. The predicted molar refractivity (Wildman–Crippen MR) is 63.9 cm³/mol. The lowest BCUT2D eigenvalue weighted by Crippen LogP contribution is -2.09. The van der Waals surface area contributed by atoms with Crippen LogP contribution in [0.15, 0.2) is 23.4 Å². The van der Waals surface area contributed by atoms with E-state index in [4.69, 9.17) is 9.94 Å². The van der Waals surface area contributed by atoms with Gasteiger partial charge in [0.15, 0.2) is 6.10 Å². The van der Waals surface area contributed by atoms with Crippen molar-refractivity contribution in [2.75, 3.05) is 0 Å². The molecule has 5 heteroatoms. The van der Waals surface area contributed by atoms with Gasteiger partial charge in [0, 0.05) is 18.1 Å². The summed E-state index contributed by atoms with van der Waals surface area (Å²) in [5.41, 5.74) is 0.827. The van der Waals surface area contributed by atoms with E-state index in [0.29, 0.717) is 11.1 Å². The van der Waals surface area contributed by atoms with Crippen LogP contribution >= 0.6 is 0 Å². The van der Waals surface area contributed by atoms with Crippen molar-refractivity contribution in [1.82, 2.24) is 0 Å². The molecule has 0 bridgehead atoms. The van der Waals surface area contributed by atoms with E-state index in [1.807, 2.05) is 0 Å². The lowest BCUT2D eigenvalue weighted by molar-refractivity contribution is -0.143. The first-order valence-corrected chi connectivity index (χ1v) is 5.18. The van der Waals surface area contributed by atoms with Crippen molar-refractivity contribution < 1.29 is 19.1 Å². The molecule has 0 saturated carbocycles. The van der Waals surface area contributed by atoms with Crippen molar-refractivity contribution in [3.8, 4) is 11.8 Å². The molecule has 0 heterocycles. The van der Waals surface area contributed by atoms with E-state index in [9.17, 15) is 9.18 Å². The van der Waals surface area contributed by atoms with Crippen LogP contribution in [-0.2, 0) is 9.53 Å². The van der Waals surface area contributed by atoms with E-state index in [-0.39, 0.29) is 0 Å². The molecule has 1 aromatic rings. The van der Waals surface area contributed by atoms with E-state index in [0.717, 1.165) is 6.21 Å². The number of rotatable bonds is 2. The quantitative estimate of drug-likeness (QED) is 0.286. The Hall–Kier alpha value is -2.35. The van der Waals surface area contributed by atoms with Crippen LogP contribution in [0.4, 0.5) is 4.39 Å². The van der Waals surface area contributed by atoms with E-state index < -0.39 is 17.9 Å². The maximum absolute atomic E-state index is 13.1. The number of esters is 1. The number of carbonyl (C=O) groups excluding carboxylic acids is 1. The van der Waals surface area contributed by atoms with Gasteiger partial charge >= 0.3 is 5.97 Å². The minimum absolute atomic E-state index is 0.354. The molecule has 0 radical (unpaired) electrons. The van der Waals surface area contributed by atoms with E-state index in [1.54, 1.807) is 6.92 Å². The zero-order chi connectivity index (χ0) is 13.5.